The van der Waals surface area contributed by atoms with Crippen LogP contribution in [0.25, 0.3) is 11.3 Å². The number of amides is 1. The fourth-order valence-corrected chi connectivity index (χ4v) is 4.24. The number of carbonyl (C=O) groups is 2. The zero-order chi connectivity index (χ0) is 17.6. The van der Waals surface area contributed by atoms with Gasteiger partial charge in [-0.1, -0.05) is 42.5 Å². The summed E-state index contributed by atoms with van der Waals surface area (Å²) < 4.78 is 5.51. The lowest BCUT2D eigenvalue weighted by Crippen LogP contribution is -2.45. The Labute approximate surface area is 148 Å². The number of anilines is 1. The normalized spacial score (nSPS) is 26.8. The third-order valence-electron chi connectivity index (χ3n) is 4.55. The maximum Gasteiger partial charge on any atom is 0.233 e. The van der Waals surface area contributed by atoms with E-state index in [1.165, 1.54) is 11.3 Å². The molecule has 25 heavy (non-hydrogen) atoms. The summed E-state index contributed by atoms with van der Waals surface area (Å²) in [7, 11) is 0. The van der Waals surface area contributed by atoms with Crippen LogP contribution in [0, 0.1) is 18.8 Å². The van der Waals surface area contributed by atoms with Crippen molar-refractivity contribution >= 4 is 28.3 Å². The zero-order valence-corrected chi connectivity index (χ0v) is 14.2. The molecule has 1 aromatic carbocycles. The Morgan fingerprint density at radius 1 is 1.16 bits per heavy atom. The number of aromatic nitrogens is 1. The van der Waals surface area contributed by atoms with Gasteiger partial charge >= 0.3 is 0 Å². The quantitative estimate of drug-likeness (QED) is 0.837. The number of nitrogens with zero attached hydrogens (tertiary/aromatic N) is 1. The number of thiazole rings is 1. The Balaban J connectivity index is 1.56. The molecule has 1 saturated heterocycles. The van der Waals surface area contributed by atoms with Crippen LogP contribution in [0.5, 0.6) is 0 Å². The van der Waals surface area contributed by atoms with E-state index in [1.54, 1.807) is 12.2 Å². The number of carboxylic acids is 1. The molecule has 2 aliphatic rings. The highest BCUT2D eigenvalue weighted by atomic mass is 32.1. The van der Waals surface area contributed by atoms with Crippen molar-refractivity contribution < 1.29 is 19.4 Å². The molecular formula is C18H15N2O4S-. The molecule has 0 radical (unpaired) electrons. The molecule has 0 unspecified atom stereocenters. The number of benzene rings is 1. The summed E-state index contributed by atoms with van der Waals surface area (Å²) in [5.74, 6) is -3.44. The lowest BCUT2D eigenvalue weighted by Gasteiger charge is -2.24. The van der Waals surface area contributed by atoms with Gasteiger partial charge in [0.25, 0.3) is 0 Å². The van der Waals surface area contributed by atoms with Crippen molar-refractivity contribution in [2.24, 2.45) is 11.8 Å². The first-order chi connectivity index (χ1) is 12.0. The minimum absolute atomic E-state index is 0.403. The van der Waals surface area contributed by atoms with E-state index in [0.29, 0.717) is 5.13 Å². The fourth-order valence-electron chi connectivity index (χ4n) is 3.40. The van der Waals surface area contributed by atoms with Crippen molar-refractivity contribution in [3.8, 4) is 11.3 Å². The van der Waals surface area contributed by atoms with Gasteiger partial charge in [0.15, 0.2) is 5.13 Å². The smallest absolute Gasteiger partial charge is 0.233 e. The number of hydrogen-bond donors (Lipinski definition) is 1. The SMILES string of the molecule is Cc1sc(NC(=O)[C@@H]2[C@@H](C(=O)[O-])[C@H]3C=C[C@@H]2O3)nc1-c1ccccc1. The summed E-state index contributed by atoms with van der Waals surface area (Å²) >= 11 is 1.36. The number of aryl methyl sites for hydroxylation is 1. The number of rotatable bonds is 4. The highest BCUT2D eigenvalue weighted by Gasteiger charge is 2.50. The molecule has 128 valence electrons. The van der Waals surface area contributed by atoms with Crippen LogP contribution in [0.2, 0.25) is 0 Å². The molecule has 1 fully saturated rings. The molecule has 0 saturated carbocycles. The number of carboxylic acid groups (broad SMARTS) is 1. The predicted octanol–water partition coefficient (Wildman–Crippen LogP) is 1.38. The molecule has 0 aliphatic carbocycles. The van der Waals surface area contributed by atoms with Gasteiger partial charge < -0.3 is 20.0 Å². The van der Waals surface area contributed by atoms with Gasteiger partial charge in [0.05, 0.1) is 23.8 Å². The largest absolute Gasteiger partial charge is 0.550 e. The third kappa shape index (κ3) is 2.75. The van der Waals surface area contributed by atoms with E-state index in [-0.39, 0.29) is 0 Å². The van der Waals surface area contributed by atoms with E-state index >= 15 is 0 Å². The first-order valence-electron chi connectivity index (χ1n) is 7.93. The third-order valence-corrected chi connectivity index (χ3v) is 5.43. The Hall–Kier alpha value is -2.51. The molecule has 6 nitrogen and oxygen atoms in total. The van der Waals surface area contributed by atoms with E-state index in [1.807, 2.05) is 37.3 Å². The van der Waals surface area contributed by atoms with Crippen LogP contribution < -0.4 is 10.4 Å². The minimum atomic E-state index is -1.27. The molecule has 1 aromatic heterocycles. The van der Waals surface area contributed by atoms with E-state index in [4.69, 9.17) is 4.74 Å². The molecule has 2 aliphatic heterocycles. The maximum absolute atomic E-state index is 12.6. The van der Waals surface area contributed by atoms with Gasteiger partial charge in [0.2, 0.25) is 5.91 Å². The second kappa shape index (κ2) is 6.09. The van der Waals surface area contributed by atoms with Gasteiger partial charge in [-0.3, -0.25) is 4.79 Å². The molecule has 2 bridgehead atoms. The Morgan fingerprint density at radius 2 is 1.84 bits per heavy atom. The van der Waals surface area contributed by atoms with Crippen molar-refractivity contribution in [3.63, 3.8) is 0 Å². The predicted molar refractivity (Wildman–Crippen MR) is 90.7 cm³/mol. The van der Waals surface area contributed by atoms with E-state index < -0.39 is 35.9 Å². The summed E-state index contributed by atoms with van der Waals surface area (Å²) in [6.45, 7) is 1.93. The summed E-state index contributed by atoms with van der Waals surface area (Å²) in [6.07, 6.45) is 2.29. The van der Waals surface area contributed by atoms with Crippen LogP contribution in [0.3, 0.4) is 0 Å². The lowest BCUT2D eigenvalue weighted by atomic mass is 9.82. The molecular weight excluding hydrogens is 340 g/mol. The van der Waals surface area contributed by atoms with E-state index in [0.717, 1.165) is 16.1 Å². The fraction of sp³-hybridized carbons (Fsp3) is 0.278. The van der Waals surface area contributed by atoms with Crippen molar-refractivity contribution in [3.05, 3.63) is 47.4 Å². The lowest BCUT2D eigenvalue weighted by molar-refractivity contribution is -0.313. The Kier molecular flexibility index (Phi) is 3.89. The van der Waals surface area contributed by atoms with Gasteiger partial charge in [-0.2, -0.15) is 0 Å². The monoisotopic (exact) mass is 355 g/mol. The summed E-state index contributed by atoms with van der Waals surface area (Å²) in [6, 6.07) is 9.69. The molecule has 4 atom stereocenters. The average molecular weight is 355 g/mol. The first kappa shape index (κ1) is 16.0. The second-order valence-corrected chi connectivity index (χ2v) is 7.30. The highest BCUT2D eigenvalue weighted by Crippen LogP contribution is 2.40. The number of carbonyl (C=O) groups excluding carboxylic acids is 2. The topological polar surface area (TPSA) is 91.4 Å². The van der Waals surface area contributed by atoms with Crippen LogP contribution >= 0.6 is 11.3 Å². The molecule has 1 N–H and O–H groups in total. The zero-order valence-electron chi connectivity index (χ0n) is 13.3. The molecule has 1 amide bonds. The van der Waals surface area contributed by atoms with Gasteiger partial charge in [0, 0.05) is 22.3 Å². The molecule has 0 spiro atoms. The standard InChI is InChI=1S/C18H16N2O4S/c1-9-15(10-5-3-2-4-6-10)19-18(25-9)20-16(21)13-11-7-8-12(24-11)14(13)17(22)23/h2-8,11-14H,1H3,(H,22,23)(H,19,20,21)/p-1/t11-,12+,13-,14-/m0/s1. The van der Waals surface area contributed by atoms with Crippen molar-refractivity contribution in [1.29, 1.82) is 0 Å². The highest BCUT2D eigenvalue weighted by molar-refractivity contribution is 7.16. The van der Waals surface area contributed by atoms with Crippen LogP contribution in [0.4, 0.5) is 5.13 Å². The minimum Gasteiger partial charge on any atom is -0.550 e. The Morgan fingerprint density at radius 3 is 2.52 bits per heavy atom. The molecule has 4 rings (SSSR count). The van der Waals surface area contributed by atoms with Crippen molar-refractivity contribution in [2.75, 3.05) is 5.32 Å². The van der Waals surface area contributed by atoms with Gasteiger partial charge in [0.1, 0.15) is 0 Å². The van der Waals surface area contributed by atoms with Crippen LogP contribution in [0.1, 0.15) is 4.88 Å². The van der Waals surface area contributed by atoms with Gasteiger partial charge in [-0.05, 0) is 6.92 Å². The van der Waals surface area contributed by atoms with Crippen molar-refractivity contribution in [2.45, 2.75) is 19.1 Å². The first-order valence-corrected chi connectivity index (χ1v) is 8.74. The van der Waals surface area contributed by atoms with Crippen molar-refractivity contribution in [1.82, 2.24) is 4.98 Å². The van der Waals surface area contributed by atoms with Gasteiger partial charge in [-0.25, -0.2) is 4.98 Å². The maximum atomic E-state index is 12.6. The Bertz CT molecular complexity index is 861. The second-order valence-electron chi connectivity index (χ2n) is 6.10. The molecule has 2 aromatic rings. The van der Waals surface area contributed by atoms with Crippen LogP contribution in [-0.2, 0) is 14.3 Å². The summed E-state index contributed by atoms with van der Waals surface area (Å²) in [5.41, 5.74) is 1.77. The number of nitrogens with one attached hydrogen (secondary N) is 1. The number of fused-ring (bicyclic) bond motifs is 2. The number of aliphatic carboxylic acids is 1. The average Bonchev–Trinajstić information content (AvgIpc) is 3.29. The van der Waals surface area contributed by atoms with Crippen LogP contribution in [-0.4, -0.2) is 29.1 Å². The number of hydrogen-bond acceptors (Lipinski definition) is 6. The number of ether oxygens (including phenoxy) is 1. The van der Waals surface area contributed by atoms with Crippen LogP contribution in [0.15, 0.2) is 42.5 Å². The van der Waals surface area contributed by atoms with E-state index in [9.17, 15) is 14.7 Å². The summed E-state index contributed by atoms with van der Waals surface area (Å²) in [5, 5.41) is 14.6. The molecule has 3 heterocycles. The van der Waals surface area contributed by atoms with Gasteiger partial charge in [-0.15, -0.1) is 11.3 Å². The van der Waals surface area contributed by atoms with E-state index in [2.05, 4.69) is 10.3 Å². The molecule has 7 heteroatoms. The summed E-state index contributed by atoms with van der Waals surface area (Å²) in [4.78, 5) is 29.5.